The molecule has 120 valence electrons. The lowest BCUT2D eigenvalue weighted by Crippen LogP contribution is -2.58. The Morgan fingerprint density at radius 1 is 1.23 bits per heavy atom. The first-order valence-corrected chi connectivity index (χ1v) is 7.38. The maximum Gasteiger partial charge on any atom is 0.245 e. The second-order valence-electron chi connectivity index (χ2n) is 5.63. The van der Waals surface area contributed by atoms with Crippen LogP contribution in [0.15, 0.2) is 12.1 Å². The second-order valence-corrected chi connectivity index (χ2v) is 5.63. The average Bonchev–Trinajstić information content (AvgIpc) is 2.49. The third-order valence-corrected chi connectivity index (χ3v) is 3.97. The van der Waals surface area contributed by atoms with Gasteiger partial charge >= 0.3 is 0 Å². The fraction of sp³-hybridized carbons (Fsp3) is 0.500. The first-order chi connectivity index (χ1) is 10.4. The maximum absolute atomic E-state index is 14.0. The Hall–Kier alpha value is -1.98. The van der Waals surface area contributed by atoms with E-state index in [9.17, 15) is 18.4 Å². The summed E-state index contributed by atoms with van der Waals surface area (Å²) < 4.78 is 27.6. The Bertz CT molecular complexity index is 604. The van der Waals surface area contributed by atoms with Crippen LogP contribution >= 0.6 is 0 Å². The Morgan fingerprint density at radius 3 is 2.55 bits per heavy atom. The third-order valence-electron chi connectivity index (χ3n) is 3.97. The van der Waals surface area contributed by atoms with E-state index >= 15 is 0 Å². The van der Waals surface area contributed by atoms with Gasteiger partial charge in [0, 0.05) is 18.7 Å². The van der Waals surface area contributed by atoms with Gasteiger partial charge in [0.2, 0.25) is 11.8 Å². The monoisotopic (exact) mass is 310 g/mol. The Labute approximate surface area is 128 Å². The van der Waals surface area contributed by atoms with Gasteiger partial charge in [-0.3, -0.25) is 9.59 Å². The summed E-state index contributed by atoms with van der Waals surface area (Å²) in [6.07, 6.45) is 0.767. The molecule has 4 nitrogen and oxygen atoms in total. The van der Waals surface area contributed by atoms with Crippen LogP contribution in [-0.2, 0) is 16.1 Å². The minimum Gasteiger partial charge on any atom is -0.332 e. The molecule has 1 aliphatic heterocycles. The van der Waals surface area contributed by atoms with Crippen LogP contribution in [0.25, 0.3) is 0 Å². The van der Waals surface area contributed by atoms with Crippen molar-refractivity contribution in [1.82, 2.24) is 9.80 Å². The van der Waals surface area contributed by atoms with E-state index in [2.05, 4.69) is 0 Å². The van der Waals surface area contributed by atoms with Crippen LogP contribution in [-0.4, -0.2) is 40.7 Å². The van der Waals surface area contributed by atoms with Gasteiger partial charge in [0.25, 0.3) is 0 Å². The molecule has 6 heteroatoms. The molecule has 0 aliphatic carbocycles. The van der Waals surface area contributed by atoms with Crippen molar-refractivity contribution in [2.75, 3.05) is 13.1 Å². The van der Waals surface area contributed by atoms with E-state index in [0.29, 0.717) is 6.54 Å². The number of amides is 2. The van der Waals surface area contributed by atoms with Crippen molar-refractivity contribution in [2.45, 2.75) is 39.8 Å². The molecule has 0 bridgehead atoms. The van der Waals surface area contributed by atoms with E-state index in [1.165, 1.54) is 28.9 Å². The van der Waals surface area contributed by atoms with E-state index in [-0.39, 0.29) is 36.0 Å². The number of carbonyl (C=O) groups excluding carboxylic acids is 2. The predicted molar refractivity (Wildman–Crippen MR) is 78.0 cm³/mol. The molecule has 1 aromatic carbocycles. The molecule has 0 saturated carbocycles. The number of piperazine rings is 1. The van der Waals surface area contributed by atoms with Gasteiger partial charge in [-0.15, -0.1) is 0 Å². The van der Waals surface area contributed by atoms with Crippen LogP contribution in [0, 0.1) is 18.6 Å². The molecule has 22 heavy (non-hydrogen) atoms. The molecule has 1 atom stereocenters. The van der Waals surface area contributed by atoms with Crippen molar-refractivity contribution in [3.05, 3.63) is 34.9 Å². The van der Waals surface area contributed by atoms with Gasteiger partial charge in [-0.1, -0.05) is 19.1 Å². The number of halogens is 2. The van der Waals surface area contributed by atoms with E-state index in [0.717, 1.165) is 6.42 Å². The number of rotatable bonds is 4. The second kappa shape index (κ2) is 6.42. The first kappa shape index (κ1) is 16.4. The van der Waals surface area contributed by atoms with E-state index in [1.807, 2.05) is 6.92 Å². The van der Waals surface area contributed by atoms with Gasteiger partial charge in [0.15, 0.2) is 11.6 Å². The predicted octanol–water partition coefficient (Wildman–Crippen LogP) is 2.24. The van der Waals surface area contributed by atoms with Crippen molar-refractivity contribution in [2.24, 2.45) is 0 Å². The highest BCUT2D eigenvalue weighted by atomic mass is 19.2. The Balaban J connectivity index is 2.21. The standard InChI is InChI=1S/C16H20F2N2O2/c1-4-7-19-9-13(21)20(11(3)16(19)22)8-12-6-5-10(2)14(17)15(12)18/h5-6,11H,4,7-9H2,1-3H3/t11-/m0/s1. The molecular weight excluding hydrogens is 290 g/mol. The molecule has 1 fully saturated rings. The smallest absolute Gasteiger partial charge is 0.245 e. The fourth-order valence-electron chi connectivity index (χ4n) is 2.62. The normalized spacial score (nSPS) is 19.0. The molecule has 0 aromatic heterocycles. The lowest BCUT2D eigenvalue weighted by molar-refractivity contribution is -0.155. The number of hydrogen-bond donors (Lipinski definition) is 0. The summed E-state index contributed by atoms with van der Waals surface area (Å²) in [5, 5.41) is 0. The van der Waals surface area contributed by atoms with Crippen LogP contribution in [0.1, 0.15) is 31.4 Å². The highest BCUT2D eigenvalue weighted by molar-refractivity contribution is 5.94. The lowest BCUT2D eigenvalue weighted by atomic mass is 10.1. The van der Waals surface area contributed by atoms with Crippen molar-refractivity contribution in [3.63, 3.8) is 0 Å². The molecule has 0 unspecified atom stereocenters. The first-order valence-electron chi connectivity index (χ1n) is 7.38. The summed E-state index contributed by atoms with van der Waals surface area (Å²) >= 11 is 0. The van der Waals surface area contributed by atoms with Gasteiger partial charge in [0.05, 0.1) is 6.54 Å². The molecule has 1 aliphatic rings. The summed E-state index contributed by atoms with van der Waals surface area (Å²) in [4.78, 5) is 27.3. The number of benzene rings is 1. The molecule has 0 spiro atoms. The third kappa shape index (κ3) is 2.96. The minimum absolute atomic E-state index is 0.00697. The summed E-state index contributed by atoms with van der Waals surface area (Å²) in [7, 11) is 0. The van der Waals surface area contributed by atoms with Gasteiger partial charge in [-0.2, -0.15) is 0 Å². The molecule has 0 N–H and O–H groups in total. The largest absolute Gasteiger partial charge is 0.332 e. The topological polar surface area (TPSA) is 40.6 Å². The van der Waals surface area contributed by atoms with Crippen LogP contribution in [0.2, 0.25) is 0 Å². The molecule has 1 aromatic rings. The number of aryl methyl sites for hydroxylation is 1. The molecule has 0 radical (unpaired) electrons. The van der Waals surface area contributed by atoms with Gasteiger partial charge in [-0.05, 0) is 25.8 Å². The molecule has 2 amide bonds. The summed E-state index contributed by atoms with van der Waals surface area (Å²) in [5.74, 6) is -2.27. The van der Waals surface area contributed by atoms with Crippen molar-refractivity contribution in [1.29, 1.82) is 0 Å². The van der Waals surface area contributed by atoms with Crippen molar-refractivity contribution < 1.29 is 18.4 Å². The molecular formula is C16H20F2N2O2. The Morgan fingerprint density at radius 2 is 1.91 bits per heavy atom. The maximum atomic E-state index is 14.0. The summed E-state index contributed by atoms with van der Waals surface area (Å²) in [6.45, 7) is 5.44. The Kier molecular flexibility index (Phi) is 4.78. The highest BCUT2D eigenvalue weighted by Crippen LogP contribution is 2.21. The average molecular weight is 310 g/mol. The van der Waals surface area contributed by atoms with Gasteiger partial charge < -0.3 is 9.80 Å². The summed E-state index contributed by atoms with van der Waals surface area (Å²) in [5.41, 5.74) is 0.296. The van der Waals surface area contributed by atoms with Crippen molar-refractivity contribution in [3.8, 4) is 0 Å². The zero-order valence-corrected chi connectivity index (χ0v) is 13.0. The zero-order valence-electron chi connectivity index (χ0n) is 13.0. The highest BCUT2D eigenvalue weighted by Gasteiger charge is 2.36. The molecule has 1 saturated heterocycles. The van der Waals surface area contributed by atoms with Crippen molar-refractivity contribution >= 4 is 11.8 Å². The van der Waals surface area contributed by atoms with Crippen LogP contribution < -0.4 is 0 Å². The summed E-state index contributed by atoms with van der Waals surface area (Å²) in [6, 6.07) is 2.26. The van der Waals surface area contributed by atoms with Crippen LogP contribution in [0.5, 0.6) is 0 Å². The van der Waals surface area contributed by atoms with E-state index in [1.54, 1.807) is 6.92 Å². The zero-order chi connectivity index (χ0) is 16.4. The minimum atomic E-state index is -0.955. The SMILES string of the molecule is CCCN1CC(=O)N(Cc2ccc(C)c(F)c2F)[C@@H](C)C1=O. The molecule has 1 heterocycles. The van der Waals surface area contributed by atoms with E-state index in [4.69, 9.17) is 0 Å². The number of hydrogen-bond acceptors (Lipinski definition) is 2. The fourth-order valence-corrected chi connectivity index (χ4v) is 2.62. The number of carbonyl (C=O) groups is 2. The lowest BCUT2D eigenvalue weighted by Gasteiger charge is -2.38. The van der Waals surface area contributed by atoms with Gasteiger partial charge in [-0.25, -0.2) is 8.78 Å². The number of nitrogens with zero attached hydrogens (tertiary/aromatic N) is 2. The quantitative estimate of drug-likeness (QED) is 0.856. The van der Waals surface area contributed by atoms with Crippen LogP contribution in [0.3, 0.4) is 0 Å². The van der Waals surface area contributed by atoms with Crippen LogP contribution in [0.4, 0.5) is 8.78 Å². The molecule has 2 rings (SSSR count). The van der Waals surface area contributed by atoms with Gasteiger partial charge in [0.1, 0.15) is 6.04 Å². The van der Waals surface area contributed by atoms with E-state index < -0.39 is 17.7 Å².